The highest BCUT2D eigenvalue weighted by molar-refractivity contribution is 5.71. The fraction of sp³-hybridized carbons (Fsp3) is 0.720. The average Bonchev–Trinajstić information content (AvgIpc) is 2.97. The number of carbonyl (C=O) groups excluding carboxylic acids is 7. The van der Waals surface area contributed by atoms with Gasteiger partial charge in [0.15, 0.2) is 37.0 Å². The van der Waals surface area contributed by atoms with Crippen LogP contribution in [0.15, 0.2) is 0 Å². The zero-order valence-electron chi connectivity index (χ0n) is 25.7. The van der Waals surface area contributed by atoms with Crippen molar-refractivity contribution in [1.82, 2.24) is 10.6 Å². The van der Waals surface area contributed by atoms with Gasteiger partial charge in [0.1, 0.15) is 37.6 Å². The highest BCUT2D eigenvalue weighted by Gasteiger charge is 2.49. The number of carbonyl (C=O) groups is 7. The summed E-state index contributed by atoms with van der Waals surface area (Å²) in [6.07, 6.45) is -14.2. The molecule has 1 saturated heterocycles. The van der Waals surface area contributed by atoms with E-state index in [-0.39, 0.29) is 12.9 Å². The first-order valence-corrected chi connectivity index (χ1v) is 13.1. The highest BCUT2D eigenvalue weighted by Crippen LogP contribution is 2.27. The Hall–Kier alpha value is -4.11. The summed E-state index contributed by atoms with van der Waals surface area (Å²) in [7, 11) is 3.95. The summed E-state index contributed by atoms with van der Waals surface area (Å²) in [5.74, 6) is -3.06. The number of hydrogen-bond donors (Lipinski definition) is 5. The maximum absolute atomic E-state index is 11.2. The minimum atomic E-state index is -1.84. The Balaban J connectivity index is 0.000000862. The number of aliphatic hydroxyl groups excluding tert-OH is 3. The Morgan fingerprint density at radius 2 is 1.33 bits per heavy atom. The molecule has 1 aliphatic rings. The van der Waals surface area contributed by atoms with E-state index in [9.17, 15) is 48.9 Å². The van der Waals surface area contributed by atoms with Crippen LogP contribution in [0, 0.1) is 0 Å². The van der Waals surface area contributed by atoms with Crippen LogP contribution in [-0.2, 0) is 61.9 Å². The highest BCUT2D eigenvalue weighted by atomic mass is 16.7. The lowest BCUT2D eigenvalue weighted by atomic mass is 9.98. The van der Waals surface area contributed by atoms with E-state index in [0.717, 1.165) is 27.7 Å². The monoisotopic (exact) mass is 656 g/mol. The third kappa shape index (κ3) is 15.0. The molecule has 0 aliphatic carbocycles. The summed E-state index contributed by atoms with van der Waals surface area (Å²) in [6, 6.07) is 0. The Bertz CT molecular complexity index is 1010. The molecule has 1 rings (SSSR count). The first-order valence-electron chi connectivity index (χ1n) is 13.1. The summed E-state index contributed by atoms with van der Waals surface area (Å²) < 4.78 is 39.2. The van der Waals surface area contributed by atoms with Gasteiger partial charge in [-0.1, -0.05) is 0 Å². The van der Waals surface area contributed by atoms with Crippen molar-refractivity contribution in [2.45, 2.75) is 82.8 Å². The van der Waals surface area contributed by atoms with Crippen molar-refractivity contribution in [2.24, 2.45) is 0 Å². The molecule has 0 radical (unpaired) electrons. The summed E-state index contributed by atoms with van der Waals surface area (Å²) in [6.45, 7) is 3.39. The summed E-state index contributed by atoms with van der Waals surface area (Å²) in [5, 5.41) is 34.5. The van der Waals surface area contributed by atoms with E-state index in [0.29, 0.717) is 0 Å². The zero-order chi connectivity index (χ0) is 34.9. The predicted molar refractivity (Wildman–Crippen MR) is 143 cm³/mol. The molecule has 258 valence electrons. The fourth-order valence-corrected chi connectivity index (χ4v) is 3.56. The first kappa shape index (κ1) is 40.9. The largest absolute Gasteiger partial charge is 0.457 e. The van der Waals surface area contributed by atoms with E-state index in [1.165, 1.54) is 21.2 Å². The molecule has 0 saturated carbocycles. The van der Waals surface area contributed by atoms with Gasteiger partial charge in [-0.2, -0.15) is 0 Å². The minimum Gasteiger partial charge on any atom is -0.457 e. The Kier molecular flexibility index (Phi) is 18.9. The molecule has 0 spiro atoms. The van der Waals surface area contributed by atoms with Crippen molar-refractivity contribution in [3.05, 3.63) is 0 Å². The molecule has 1 aliphatic heterocycles. The smallest absolute Gasteiger partial charge is 0.406 e. The minimum absolute atomic E-state index is 0.120. The Morgan fingerprint density at radius 1 is 0.822 bits per heavy atom. The molecular formula is C25H40N2O18. The van der Waals surface area contributed by atoms with Gasteiger partial charge >= 0.3 is 36.1 Å². The standard InChI is InChI=1S/C13H21NO9.C12H19NO9/c1-6(15)21-10-8(5-20-13(18)14-3)23-12(19-4)11(9(10)17)22-7(2)16;1-6(15)21-9(4-14)10(18)11(22-7(2)16)8(17)5-20-12(19)13-3/h8-12,17H,5H2,1-4H3,(H,14,18);4,8-11,17-18H,5H2,1-3H3,(H,13,19). The molecule has 1 heterocycles. The molecule has 5 N–H and O–H groups in total. The number of esters is 4. The Morgan fingerprint density at radius 3 is 1.78 bits per heavy atom. The van der Waals surface area contributed by atoms with Gasteiger partial charge in [0.2, 0.25) is 0 Å². The second kappa shape index (κ2) is 20.8. The van der Waals surface area contributed by atoms with Crippen LogP contribution in [0.1, 0.15) is 27.7 Å². The van der Waals surface area contributed by atoms with Crippen LogP contribution in [0.25, 0.3) is 0 Å². The number of hydrogen-bond acceptors (Lipinski definition) is 18. The zero-order valence-corrected chi connectivity index (χ0v) is 25.7. The maximum Gasteiger partial charge on any atom is 0.406 e. The van der Waals surface area contributed by atoms with E-state index < -0.39 is 97.8 Å². The number of amides is 2. The predicted octanol–water partition coefficient (Wildman–Crippen LogP) is -2.94. The SMILES string of the molecule is CNC(=O)OCC(O)C(OC(C)=O)C(O)C(C=O)OC(C)=O.CNC(=O)OCC1OC(OC)C(OC(C)=O)C(O)C1OC(C)=O. The van der Waals surface area contributed by atoms with E-state index >= 15 is 0 Å². The molecule has 9 unspecified atom stereocenters. The van der Waals surface area contributed by atoms with Crippen molar-refractivity contribution in [3.8, 4) is 0 Å². The van der Waals surface area contributed by atoms with Crippen molar-refractivity contribution in [3.63, 3.8) is 0 Å². The molecule has 0 aromatic heterocycles. The topological polar surface area (TPSA) is 278 Å². The van der Waals surface area contributed by atoms with Crippen molar-refractivity contribution in [1.29, 1.82) is 0 Å². The van der Waals surface area contributed by atoms with Crippen LogP contribution in [0.5, 0.6) is 0 Å². The van der Waals surface area contributed by atoms with Crippen LogP contribution >= 0.6 is 0 Å². The maximum atomic E-state index is 11.2. The second-order valence-electron chi connectivity index (χ2n) is 8.96. The van der Waals surface area contributed by atoms with Gasteiger partial charge in [0.25, 0.3) is 0 Å². The van der Waals surface area contributed by atoms with Crippen LogP contribution in [0.4, 0.5) is 9.59 Å². The quantitative estimate of drug-likeness (QED) is 0.0753. The van der Waals surface area contributed by atoms with Crippen LogP contribution in [-0.4, -0.2) is 147 Å². The van der Waals surface area contributed by atoms with Crippen LogP contribution in [0.2, 0.25) is 0 Å². The molecule has 20 nitrogen and oxygen atoms in total. The molecule has 2 amide bonds. The van der Waals surface area contributed by atoms with E-state index in [2.05, 4.69) is 20.1 Å². The molecule has 9 atom stereocenters. The number of rotatable bonds is 13. The molecule has 0 aromatic rings. The van der Waals surface area contributed by atoms with E-state index in [1.807, 2.05) is 0 Å². The van der Waals surface area contributed by atoms with Gasteiger partial charge in [-0.3, -0.25) is 24.0 Å². The van der Waals surface area contributed by atoms with Crippen molar-refractivity contribution in [2.75, 3.05) is 34.4 Å². The summed E-state index contributed by atoms with van der Waals surface area (Å²) in [4.78, 5) is 77.2. The van der Waals surface area contributed by atoms with E-state index in [1.54, 1.807) is 0 Å². The third-order valence-electron chi connectivity index (χ3n) is 5.42. The van der Waals surface area contributed by atoms with Gasteiger partial charge < -0.3 is 63.8 Å². The summed E-state index contributed by atoms with van der Waals surface area (Å²) >= 11 is 0. The molecular weight excluding hydrogens is 616 g/mol. The number of alkyl carbamates (subject to hydrolysis) is 2. The first-order chi connectivity index (χ1) is 21.0. The molecule has 0 aromatic carbocycles. The van der Waals surface area contributed by atoms with Gasteiger partial charge in [-0.05, 0) is 0 Å². The average molecular weight is 657 g/mol. The van der Waals surface area contributed by atoms with Gasteiger partial charge in [0, 0.05) is 48.9 Å². The fourth-order valence-electron chi connectivity index (χ4n) is 3.56. The molecule has 0 bridgehead atoms. The Labute approximate surface area is 257 Å². The molecule has 1 fully saturated rings. The van der Waals surface area contributed by atoms with E-state index in [4.69, 9.17) is 28.4 Å². The van der Waals surface area contributed by atoms with Crippen LogP contribution in [0.3, 0.4) is 0 Å². The number of nitrogens with one attached hydrogen (secondary N) is 2. The lowest BCUT2D eigenvalue weighted by Gasteiger charge is -2.42. The van der Waals surface area contributed by atoms with Crippen LogP contribution < -0.4 is 10.6 Å². The third-order valence-corrected chi connectivity index (χ3v) is 5.42. The second-order valence-corrected chi connectivity index (χ2v) is 8.96. The van der Waals surface area contributed by atoms with Crippen molar-refractivity contribution < 1.29 is 86.8 Å². The number of ether oxygens (including phenoxy) is 8. The molecule has 45 heavy (non-hydrogen) atoms. The van der Waals surface area contributed by atoms with Crippen molar-refractivity contribution >= 4 is 42.3 Å². The van der Waals surface area contributed by atoms with Gasteiger partial charge in [0.05, 0.1) is 0 Å². The normalized spacial score (nSPS) is 23.1. The lowest BCUT2D eigenvalue weighted by molar-refractivity contribution is -0.299. The molecule has 20 heteroatoms. The van der Waals surface area contributed by atoms with Gasteiger partial charge in [-0.25, -0.2) is 9.59 Å². The van der Waals surface area contributed by atoms with Gasteiger partial charge in [-0.15, -0.1) is 0 Å². The number of aldehydes is 1. The summed E-state index contributed by atoms with van der Waals surface area (Å²) in [5.41, 5.74) is 0. The number of aliphatic hydroxyl groups is 3. The number of methoxy groups -OCH3 is 1. The lowest BCUT2D eigenvalue weighted by Crippen LogP contribution is -2.61.